The summed E-state index contributed by atoms with van der Waals surface area (Å²) in [6, 6.07) is 1.42. The highest BCUT2D eigenvalue weighted by molar-refractivity contribution is 9.11. The summed E-state index contributed by atoms with van der Waals surface area (Å²) in [6.45, 7) is 1.27. The van der Waals surface area contributed by atoms with E-state index in [-0.39, 0.29) is 4.21 Å². The van der Waals surface area contributed by atoms with Gasteiger partial charge in [0.2, 0.25) is 10.0 Å². The highest BCUT2D eigenvalue weighted by atomic mass is 79.9. The second kappa shape index (κ2) is 8.04. The van der Waals surface area contributed by atoms with Crippen molar-refractivity contribution in [1.29, 1.82) is 0 Å². The SMILES string of the molecule is O=S(=O)(NCCCOCCCl)c1cc(Cl)c(Br)s1. The van der Waals surface area contributed by atoms with Crippen molar-refractivity contribution in [3.63, 3.8) is 0 Å². The Bertz CT molecular complexity index is 459. The third kappa shape index (κ3) is 5.32. The molecule has 0 bridgehead atoms. The summed E-state index contributed by atoms with van der Waals surface area (Å²) in [7, 11) is -3.48. The molecule has 0 radical (unpaired) electrons. The molecule has 0 aromatic carbocycles. The van der Waals surface area contributed by atoms with Gasteiger partial charge in [0, 0.05) is 19.0 Å². The lowest BCUT2D eigenvalue weighted by molar-refractivity contribution is 0.147. The summed E-state index contributed by atoms with van der Waals surface area (Å²) in [5, 5.41) is 0.394. The van der Waals surface area contributed by atoms with Crippen LogP contribution in [0.25, 0.3) is 0 Å². The predicted molar refractivity (Wildman–Crippen MR) is 78.4 cm³/mol. The van der Waals surface area contributed by atoms with Crippen LogP contribution in [0, 0.1) is 0 Å². The van der Waals surface area contributed by atoms with Gasteiger partial charge >= 0.3 is 0 Å². The zero-order chi connectivity index (χ0) is 13.6. The van der Waals surface area contributed by atoms with Gasteiger partial charge in [0.15, 0.2) is 0 Å². The second-order valence-corrected chi connectivity index (χ2v) is 8.39. The summed E-state index contributed by atoms with van der Waals surface area (Å²) >= 11 is 15.5. The maximum absolute atomic E-state index is 11.8. The number of alkyl halides is 1. The van der Waals surface area contributed by atoms with Crippen molar-refractivity contribution in [3.05, 3.63) is 14.9 Å². The Kier molecular flexibility index (Phi) is 7.45. The lowest BCUT2D eigenvalue weighted by Crippen LogP contribution is -2.24. The van der Waals surface area contributed by atoms with Gasteiger partial charge in [-0.3, -0.25) is 0 Å². The van der Waals surface area contributed by atoms with Gasteiger partial charge in [-0.25, -0.2) is 13.1 Å². The molecule has 0 fully saturated rings. The molecule has 0 saturated carbocycles. The summed E-state index contributed by atoms with van der Waals surface area (Å²) in [5.41, 5.74) is 0. The molecule has 1 aromatic heterocycles. The average molecular weight is 397 g/mol. The molecule has 104 valence electrons. The fraction of sp³-hybridized carbons (Fsp3) is 0.556. The Morgan fingerprint density at radius 3 is 2.72 bits per heavy atom. The predicted octanol–water partition coefficient (Wildman–Crippen LogP) is 3.09. The summed E-state index contributed by atoms with van der Waals surface area (Å²) in [6.07, 6.45) is 0.594. The van der Waals surface area contributed by atoms with E-state index in [0.717, 1.165) is 11.3 Å². The van der Waals surface area contributed by atoms with Crippen LogP contribution in [-0.4, -0.2) is 34.1 Å². The van der Waals surface area contributed by atoms with Crippen LogP contribution in [0.15, 0.2) is 14.1 Å². The summed E-state index contributed by atoms with van der Waals surface area (Å²) in [4.78, 5) is 0. The number of hydrogen-bond acceptors (Lipinski definition) is 4. The molecule has 0 spiro atoms. The first-order chi connectivity index (χ1) is 8.47. The first-order valence-electron chi connectivity index (χ1n) is 5.05. The first kappa shape index (κ1) is 16.7. The molecule has 1 rings (SSSR count). The van der Waals surface area contributed by atoms with E-state index in [1.807, 2.05) is 0 Å². The van der Waals surface area contributed by atoms with E-state index in [0.29, 0.717) is 40.9 Å². The Balaban J connectivity index is 2.41. The molecule has 18 heavy (non-hydrogen) atoms. The van der Waals surface area contributed by atoms with Crippen LogP contribution in [0.4, 0.5) is 0 Å². The monoisotopic (exact) mass is 395 g/mol. The zero-order valence-corrected chi connectivity index (χ0v) is 14.0. The number of ether oxygens (including phenoxy) is 1. The van der Waals surface area contributed by atoms with Crippen LogP contribution < -0.4 is 4.72 Å². The average Bonchev–Trinajstić information content (AvgIpc) is 2.65. The van der Waals surface area contributed by atoms with Gasteiger partial charge in [0.05, 0.1) is 15.4 Å². The highest BCUT2D eigenvalue weighted by Crippen LogP contribution is 2.34. The minimum atomic E-state index is -3.48. The fourth-order valence-electron chi connectivity index (χ4n) is 1.07. The maximum atomic E-state index is 11.8. The molecule has 0 unspecified atom stereocenters. The van der Waals surface area contributed by atoms with Crippen molar-refractivity contribution in [2.24, 2.45) is 0 Å². The van der Waals surface area contributed by atoms with Crippen LogP contribution >= 0.6 is 50.5 Å². The van der Waals surface area contributed by atoms with Gasteiger partial charge in [0.25, 0.3) is 0 Å². The topological polar surface area (TPSA) is 55.4 Å². The molecule has 0 saturated heterocycles. The third-order valence-electron chi connectivity index (χ3n) is 1.87. The number of nitrogens with one attached hydrogen (secondary N) is 1. The lowest BCUT2D eigenvalue weighted by Gasteiger charge is -2.04. The van der Waals surface area contributed by atoms with Crippen LogP contribution in [0.5, 0.6) is 0 Å². The molecule has 4 nitrogen and oxygen atoms in total. The van der Waals surface area contributed by atoms with E-state index in [9.17, 15) is 8.42 Å². The molecule has 0 aliphatic carbocycles. The van der Waals surface area contributed by atoms with Gasteiger partial charge in [-0.05, 0) is 28.4 Å². The fourth-order valence-corrected chi connectivity index (χ4v) is 4.69. The second-order valence-electron chi connectivity index (χ2n) is 3.24. The van der Waals surface area contributed by atoms with Gasteiger partial charge in [-0.15, -0.1) is 22.9 Å². The van der Waals surface area contributed by atoms with Gasteiger partial charge in [0.1, 0.15) is 4.21 Å². The molecule has 1 aromatic rings. The van der Waals surface area contributed by atoms with E-state index in [1.165, 1.54) is 6.07 Å². The number of sulfonamides is 1. The first-order valence-corrected chi connectivity index (χ1v) is 9.06. The van der Waals surface area contributed by atoms with Crippen molar-refractivity contribution < 1.29 is 13.2 Å². The van der Waals surface area contributed by atoms with E-state index >= 15 is 0 Å². The molecule has 9 heteroatoms. The Morgan fingerprint density at radius 2 is 2.17 bits per heavy atom. The van der Waals surface area contributed by atoms with Crippen LogP contribution in [0.3, 0.4) is 0 Å². The molecular weight excluding hydrogens is 385 g/mol. The summed E-state index contributed by atoms with van der Waals surface area (Å²) in [5.74, 6) is 0.438. The van der Waals surface area contributed by atoms with E-state index in [1.54, 1.807) is 0 Å². The lowest BCUT2D eigenvalue weighted by atomic mass is 10.5. The Hall–Kier alpha value is 0.630. The molecule has 1 heterocycles. The van der Waals surface area contributed by atoms with Crippen LogP contribution in [-0.2, 0) is 14.8 Å². The van der Waals surface area contributed by atoms with Crippen molar-refractivity contribution in [1.82, 2.24) is 4.72 Å². The van der Waals surface area contributed by atoms with E-state index in [4.69, 9.17) is 27.9 Å². The number of thiophene rings is 1. The number of halogens is 3. The Labute approximate surface area is 129 Å². The minimum absolute atomic E-state index is 0.195. The largest absolute Gasteiger partial charge is 0.380 e. The highest BCUT2D eigenvalue weighted by Gasteiger charge is 2.18. The molecule has 0 aliphatic heterocycles. The van der Waals surface area contributed by atoms with E-state index in [2.05, 4.69) is 20.7 Å². The zero-order valence-electron chi connectivity index (χ0n) is 9.29. The molecule has 1 N–H and O–H groups in total. The molecule has 0 amide bonds. The number of hydrogen-bond donors (Lipinski definition) is 1. The summed E-state index contributed by atoms with van der Waals surface area (Å²) < 4.78 is 32.1. The van der Waals surface area contributed by atoms with E-state index < -0.39 is 10.0 Å². The quantitative estimate of drug-likeness (QED) is 0.542. The third-order valence-corrected chi connectivity index (χ3v) is 6.43. The molecule has 0 atom stereocenters. The van der Waals surface area contributed by atoms with Crippen molar-refractivity contribution in [2.45, 2.75) is 10.6 Å². The van der Waals surface area contributed by atoms with Crippen molar-refractivity contribution in [2.75, 3.05) is 25.6 Å². The standard InChI is InChI=1S/C9H12BrCl2NO3S2/c10-9-7(12)6-8(17-9)18(14,15)13-3-1-4-16-5-2-11/h6,13H,1-5H2. The Morgan fingerprint density at radius 1 is 1.44 bits per heavy atom. The number of rotatable bonds is 8. The van der Waals surface area contributed by atoms with Crippen LogP contribution in [0.2, 0.25) is 5.02 Å². The van der Waals surface area contributed by atoms with Gasteiger partial charge < -0.3 is 4.74 Å². The minimum Gasteiger partial charge on any atom is -0.380 e. The smallest absolute Gasteiger partial charge is 0.250 e. The molecule has 0 aliphatic rings. The van der Waals surface area contributed by atoms with Crippen molar-refractivity contribution >= 4 is 60.5 Å². The maximum Gasteiger partial charge on any atom is 0.250 e. The normalized spacial score (nSPS) is 11.9. The van der Waals surface area contributed by atoms with Crippen molar-refractivity contribution in [3.8, 4) is 0 Å². The van der Waals surface area contributed by atoms with Gasteiger partial charge in [-0.1, -0.05) is 11.6 Å². The van der Waals surface area contributed by atoms with Crippen LogP contribution in [0.1, 0.15) is 6.42 Å². The van der Waals surface area contributed by atoms with Gasteiger partial charge in [-0.2, -0.15) is 0 Å². The molecular formula is C9H12BrCl2NO3S2.